The van der Waals surface area contributed by atoms with Crippen molar-refractivity contribution in [3.63, 3.8) is 0 Å². The Labute approximate surface area is 117 Å². The normalized spacial score (nSPS) is 12.0. The molecule has 0 radical (unpaired) electrons. The topological polar surface area (TPSA) is 32.3 Å². The van der Waals surface area contributed by atoms with Crippen molar-refractivity contribution in [2.75, 3.05) is 24.3 Å². The third-order valence-corrected chi connectivity index (χ3v) is 3.42. The molecule has 1 aromatic rings. The summed E-state index contributed by atoms with van der Waals surface area (Å²) in [5, 5.41) is 3.01. The fraction of sp³-hybridized carbons (Fsp3) is 0.562. The van der Waals surface area contributed by atoms with E-state index in [2.05, 4.69) is 19.2 Å². The van der Waals surface area contributed by atoms with E-state index in [1.54, 1.807) is 0 Å². The van der Waals surface area contributed by atoms with Crippen LogP contribution in [0.1, 0.15) is 39.5 Å². The van der Waals surface area contributed by atoms with Crippen LogP contribution in [0.5, 0.6) is 0 Å². The van der Waals surface area contributed by atoms with Crippen molar-refractivity contribution in [1.29, 1.82) is 0 Å². The van der Waals surface area contributed by atoms with Crippen molar-refractivity contribution in [2.45, 2.75) is 39.5 Å². The van der Waals surface area contributed by atoms with E-state index in [1.807, 2.05) is 43.3 Å². The van der Waals surface area contributed by atoms with Crippen LogP contribution in [0.4, 0.5) is 11.4 Å². The number of nitrogens with zero attached hydrogens (tertiary/aromatic N) is 1. The number of carbonyl (C=O) groups is 1. The maximum Gasteiger partial charge on any atom is 0.227 e. The van der Waals surface area contributed by atoms with Crippen molar-refractivity contribution in [2.24, 2.45) is 5.92 Å². The molecule has 0 fully saturated rings. The summed E-state index contributed by atoms with van der Waals surface area (Å²) in [7, 11) is 4.01. The SMILES string of the molecule is CCCCC(CC)C(=O)Nc1ccc(N(C)C)cc1. The van der Waals surface area contributed by atoms with Gasteiger partial charge in [-0.15, -0.1) is 0 Å². The minimum absolute atomic E-state index is 0.133. The summed E-state index contributed by atoms with van der Waals surface area (Å²) in [5.41, 5.74) is 2.02. The predicted molar refractivity (Wildman–Crippen MR) is 82.7 cm³/mol. The summed E-state index contributed by atoms with van der Waals surface area (Å²) in [6, 6.07) is 7.95. The zero-order valence-corrected chi connectivity index (χ0v) is 12.6. The van der Waals surface area contributed by atoms with Crippen LogP contribution >= 0.6 is 0 Å². The molecule has 3 heteroatoms. The molecule has 0 aliphatic heterocycles. The van der Waals surface area contributed by atoms with E-state index < -0.39 is 0 Å². The molecule has 0 saturated carbocycles. The van der Waals surface area contributed by atoms with Gasteiger partial charge in [-0.3, -0.25) is 4.79 Å². The Kier molecular flexibility index (Phi) is 6.40. The smallest absolute Gasteiger partial charge is 0.227 e. The van der Waals surface area contributed by atoms with Crippen molar-refractivity contribution >= 4 is 17.3 Å². The van der Waals surface area contributed by atoms with Gasteiger partial charge in [0.1, 0.15) is 0 Å². The molecule has 3 nitrogen and oxygen atoms in total. The highest BCUT2D eigenvalue weighted by Gasteiger charge is 2.15. The Balaban J connectivity index is 2.59. The van der Waals surface area contributed by atoms with E-state index >= 15 is 0 Å². The largest absolute Gasteiger partial charge is 0.378 e. The molecule has 0 aliphatic carbocycles. The molecule has 0 aliphatic rings. The summed E-state index contributed by atoms with van der Waals surface area (Å²) in [5.74, 6) is 0.280. The van der Waals surface area contributed by atoms with E-state index in [0.717, 1.165) is 37.1 Å². The number of unbranched alkanes of at least 4 members (excludes halogenated alkanes) is 1. The quantitative estimate of drug-likeness (QED) is 0.808. The molecule has 0 saturated heterocycles. The molecule has 1 rings (SSSR count). The average Bonchev–Trinajstić information content (AvgIpc) is 2.40. The standard InChI is InChI=1S/C16H26N2O/c1-5-7-8-13(6-2)16(19)17-14-9-11-15(12-10-14)18(3)4/h9-13H,5-8H2,1-4H3,(H,17,19). The molecule has 0 spiro atoms. The van der Waals surface area contributed by atoms with Crippen molar-refractivity contribution in [1.82, 2.24) is 0 Å². The Morgan fingerprint density at radius 2 is 1.84 bits per heavy atom. The number of amides is 1. The van der Waals surface area contributed by atoms with Gasteiger partial charge in [0.2, 0.25) is 5.91 Å². The van der Waals surface area contributed by atoms with Crippen LogP contribution in [0.2, 0.25) is 0 Å². The fourth-order valence-corrected chi connectivity index (χ4v) is 2.06. The number of rotatable bonds is 7. The van der Waals surface area contributed by atoms with Gasteiger partial charge in [0.25, 0.3) is 0 Å². The van der Waals surface area contributed by atoms with Crippen molar-refractivity contribution in [3.8, 4) is 0 Å². The Morgan fingerprint density at radius 1 is 1.21 bits per heavy atom. The van der Waals surface area contributed by atoms with E-state index in [9.17, 15) is 4.79 Å². The maximum absolute atomic E-state index is 12.1. The minimum Gasteiger partial charge on any atom is -0.378 e. The van der Waals surface area contributed by atoms with Crippen molar-refractivity contribution < 1.29 is 4.79 Å². The maximum atomic E-state index is 12.1. The number of benzene rings is 1. The fourth-order valence-electron chi connectivity index (χ4n) is 2.06. The summed E-state index contributed by atoms with van der Waals surface area (Å²) in [4.78, 5) is 14.2. The number of hydrogen-bond acceptors (Lipinski definition) is 2. The summed E-state index contributed by atoms with van der Waals surface area (Å²) >= 11 is 0. The molecular weight excluding hydrogens is 236 g/mol. The molecule has 1 amide bonds. The van der Waals surface area contributed by atoms with Gasteiger partial charge in [-0.1, -0.05) is 26.7 Å². The van der Waals surface area contributed by atoms with Crippen LogP contribution in [0, 0.1) is 5.92 Å². The second-order valence-corrected chi connectivity index (χ2v) is 5.18. The highest BCUT2D eigenvalue weighted by Crippen LogP contribution is 2.19. The lowest BCUT2D eigenvalue weighted by atomic mass is 9.98. The molecular formula is C16H26N2O. The first-order valence-electron chi connectivity index (χ1n) is 7.16. The second kappa shape index (κ2) is 7.82. The number of anilines is 2. The van der Waals surface area contributed by atoms with Crippen LogP contribution < -0.4 is 10.2 Å². The molecule has 0 bridgehead atoms. The molecule has 0 heterocycles. The van der Waals surface area contributed by atoms with Gasteiger partial charge in [0.05, 0.1) is 0 Å². The first-order chi connectivity index (χ1) is 9.08. The number of carbonyl (C=O) groups excluding carboxylic acids is 1. The molecule has 1 aromatic carbocycles. The van der Waals surface area contributed by atoms with E-state index in [1.165, 1.54) is 0 Å². The Bertz CT molecular complexity index is 384. The Hall–Kier alpha value is -1.51. The zero-order chi connectivity index (χ0) is 14.3. The van der Waals surface area contributed by atoms with Gasteiger partial charge >= 0.3 is 0 Å². The van der Waals surface area contributed by atoms with E-state index in [4.69, 9.17) is 0 Å². The third kappa shape index (κ3) is 4.93. The van der Waals surface area contributed by atoms with Crippen molar-refractivity contribution in [3.05, 3.63) is 24.3 Å². The van der Waals surface area contributed by atoms with Gasteiger partial charge < -0.3 is 10.2 Å². The zero-order valence-electron chi connectivity index (χ0n) is 12.6. The van der Waals surface area contributed by atoms with Gasteiger partial charge in [-0.05, 0) is 37.1 Å². The van der Waals surface area contributed by atoms with Gasteiger partial charge in [-0.25, -0.2) is 0 Å². The van der Waals surface area contributed by atoms with Crippen LogP contribution in [-0.4, -0.2) is 20.0 Å². The molecule has 0 aromatic heterocycles. The third-order valence-electron chi connectivity index (χ3n) is 3.42. The lowest BCUT2D eigenvalue weighted by molar-refractivity contribution is -0.120. The highest BCUT2D eigenvalue weighted by atomic mass is 16.1. The van der Waals surface area contributed by atoms with Gasteiger partial charge in [0.15, 0.2) is 0 Å². The van der Waals surface area contributed by atoms with Crippen LogP contribution in [0.15, 0.2) is 24.3 Å². The summed E-state index contributed by atoms with van der Waals surface area (Å²) in [6.07, 6.45) is 4.14. The first kappa shape index (κ1) is 15.5. The molecule has 106 valence electrons. The highest BCUT2D eigenvalue weighted by molar-refractivity contribution is 5.92. The monoisotopic (exact) mass is 262 g/mol. The van der Waals surface area contributed by atoms with Crippen LogP contribution in [0.25, 0.3) is 0 Å². The minimum atomic E-state index is 0.133. The summed E-state index contributed by atoms with van der Waals surface area (Å²) < 4.78 is 0. The summed E-state index contributed by atoms with van der Waals surface area (Å²) in [6.45, 7) is 4.24. The van der Waals surface area contributed by atoms with Gasteiger partial charge in [0, 0.05) is 31.4 Å². The van der Waals surface area contributed by atoms with E-state index in [0.29, 0.717) is 0 Å². The lowest BCUT2D eigenvalue weighted by Crippen LogP contribution is -2.22. The molecule has 1 atom stereocenters. The average molecular weight is 262 g/mol. The van der Waals surface area contributed by atoms with Crippen LogP contribution in [-0.2, 0) is 4.79 Å². The van der Waals surface area contributed by atoms with Crippen LogP contribution in [0.3, 0.4) is 0 Å². The molecule has 19 heavy (non-hydrogen) atoms. The van der Waals surface area contributed by atoms with E-state index in [-0.39, 0.29) is 11.8 Å². The first-order valence-corrected chi connectivity index (χ1v) is 7.16. The second-order valence-electron chi connectivity index (χ2n) is 5.18. The lowest BCUT2D eigenvalue weighted by Gasteiger charge is -2.16. The molecule has 1 unspecified atom stereocenters. The number of hydrogen-bond donors (Lipinski definition) is 1. The Morgan fingerprint density at radius 3 is 2.32 bits per heavy atom. The number of nitrogens with one attached hydrogen (secondary N) is 1. The van der Waals surface area contributed by atoms with Gasteiger partial charge in [-0.2, -0.15) is 0 Å². The predicted octanol–water partition coefficient (Wildman–Crippen LogP) is 3.91. The molecule has 1 N–H and O–H groups in total.